The average Bonchev–Trinajstić information content (AvgIpc) is 2.95. The molecule has 1 amide bonds. The highest BCUT2D eigenvalue weighted by molar-refractivity contribution is 6.30. The van der Waals surface area contributed by atoms with Crippen molar-refractivity contribution in [1.29, 1.82) is 0 Å². The Morgan fingerprint density at radius 2 is 1.74 bits per heavy atom. The SMILES string of the molecule is CC(=O)NCc1cc(-c2ccc(Oc3c(N4CCNCC4)cnn(-c4ccc(Cl)cc4)c3=O)cc2)ccc1F. The van der Waals surface area contributed by atoms with E-state index >= 15 is 0 Å². The van der Waals surface area contributed by atoms with Crippen molar-refractivity contribution in [2.75, 3.05) is 31.1 Å². The van der Waals surface area contributed by atoms with Crippen LogP contribution >= 0.6 is 11.6 Å². The van der Waals surface area contributed by atoms with Crippen LogP contribution in [0.2, 0.25) is 5.02 Å². The molecule has 1 aromatic heterocycles. The Balaban J connectivity index is 1.46. The van der Waals surface area contributed by atoms with E-state index in [0.29, 0.717) is 40.8 Å². The average molecular weight is 548 g/mol. The molecule has 0 aliphatic carbocycles. The molecule has 0 saturated carbocycles. The molecule has 0 spiro atoms. The number of benzene rings is 3. The largest absolute Gasteiger partial charge is 0.449 e. The second kappa shape index (κ2) is 11.7. The number of hydrogen-bond donors (Lipinski definition) is 2. The second-order valence-corrected chi connectivity index (χ2v) is 9.57. The highest BCUT2D eigenvalue weighted by Crippen LogP contribution is 2.31. The lowest BCUT2D eigenvalue weighted by molar-refractivity contribution is -0.119. The van der Waals surface area contributed by atoms with Crippen LogP contribution in [0.5, 0.6) is 11.5 Å². The first-order valence-electron chi connectivity index (χ1n) is 12.5. The molecule has 0 radical (unpaired) electrons. The Morgan fingerprint density at radius 3 is 2.44 bits per heavy atom. The minimum Gasteiger partial charge on any atom is -0.449 e. The van der Waals surface area contributed by atoms with Gasteiger partial charge in [0.1, 0.15) is 17.3 Å². The van der Waals surface area contributed by atoms with Gasteiger partial charge in [0.05, 0.1) is 11.9 Å². The lowest BCUT2D eigenvalue weighted by Crippen LogP contribution is -2.44. The van der Waals surface area contributed by atoms with Gasteiger partial charge >= 0.3 is 5.56 Å². The highest BCUT2D eigenvalue weighted by Gasteiger charge is 2.21. The van der Waals surface area contributed by atoms with E-state index < -0.39 is 5.56 Å². The van der Waals surface area contributed by atoms with Crippen LogP contribution in [0.4, 0.5) is 10.1 Å². The summed E-state index contributed by atoms with van der Waals surface area (Å²) in [6.45, 7) is 4.50. The van der Waals surface area contributed by atoms with Gasteiger partial charge in [-0.3, -0.25) is 9.59 Å². The van der Waals surface area contributed by atoms with Gasteiger partial charge in [-0.05, 0) is 59.7 Å². The number of piperazine rings is 1. The molecule has 1 aliphatic heterocycles. The molecule has 3 aromatic carbocycles. The highest BCUT2D eigenvalue weighted by atomic mass is 35.5. The Labute approximate surface area is 230 Å². The zero-order valence-electron chi connectivity index (χ0n) is 21.3. The molecule has 39 heavy (non-hydrogen) atoms. The topological polar surface area (TPSA) is 88.5 Å². The number of carbonyl (C=O) groups is 1. The number of halogens is 2. The van der Waals surface area contributed by atoms with Crippen LogP contribution in [-0.2, 0) is 11.3 Å². The fourth-order valence-electron chi connectivity index (χ4n) is 4.37. The second-order valence-electron chi connectivity index (χ2n) is 9.13. The van der Waals surface area contributed by atoms with Gasteiger partial charge in [0.15, 0.2) is 0 Å². The van der Waals surface area contributed by atoms with Crippen molar-refractivity contribution in [2.24, 2.45) is 0 Å². The zero-order chi connectivity index (χ0) is 27.4. The van der Waals surface area contributed by atoms with Crippen molar-refractivity contribution in [2.45, 2.75) is 13.5 Å². The number of ether oxygens (including phenoxy) is 1. The van der Waals surface area contributed by atoms with Gasteiger partial charge in [-0.2, -0.15) is 9.78 Å². The van der Waals surface area contributed by atoms with Crippen LogP contribution in [-0.4, -0.2) is 41.9 Å². The molecule has 1 saturated heterocycles. The van der Waals surface area contributed by atoms with E-state index in [1.807, 2.05) is 12.1 Å². The van der Waals surface area contributed by atoms with E-state index in [4.69, 9.17) is 16.3 Å². The minimum absolute atomic E-state index is 0.104. The van der Waals surface area contributed by atoms with Crippen molar-refractivity contribution >= 4 is 23.2 Å². The van der Waals surface area contributed by atoms with E-state index in [2.05, 4.69) is 20.6 Å². The van der Waals surface area contributed by atoms with Crippen LogP contribution in [0.25, 0.3) is 16.8 Å². The summed E-state index contributed by atoms with van der Waals surface area (Å²) in [4.78, 5) is 27.0. The van der Waals surface area contributed by atoms with E-state index in [1.54, 1.807) is 54.7 Å². The monoisotopic (exact) mass is 547 g/mol. The van der Waals surface area contributed by atoms with Gasteiger partial charge < -0.3 is 20.3 Å². The quantitative estimate of drug-likeness (QED) is 0.353. The molecule has 10 heteroatoms. The number of nitrogens with zero attached hydrogens (tertiary/aromatic N) is 3. The van der Waals surface area contributed by atoms with Crippen molar-refractivity contribution in [3.8, 4) is 28.3 Å². The first-order valence-corrected chi connectivity index (χ1v) is 12.9. The van der Waals surface area contributed by atoms with Crippen molar-refractivity contribution in [3.05, 3.63) is 99.7 Å². The normalized spacial score (nSPS) is 13.3. The number of aromatic nitrogens is 2. The van der Waals surface area contributed by atoms with Crippen LogP contribution in [0, 0.1) is 5.82 Å². The third kappa shape index (κ3) is 6.10. The predicted octanol–water partition coefficient (Wildman–Crippen LogP) is 4.53. The van der Waals surface area contributed by atoms with Crippen molar-refractivity contribution < 1.29 is 13.9 Å². The van der Waals surface area contributed by atoms with Gasteiger partial charge in [-0.1, -0.05) is 29.8 Å². The summed E-state index contributed by atoms with van der Waals surface area (Å²) in [6, 6.07) is 18.8. The molecular weight excluding hydrogens is 521 g/mol. The summed E-state index contributed by atoms with van der Waals surface area (Å²) >= 11 is 6.03. The minimum atomic E-state index is -0.390. The molecule has 0 atom stereocenters. The molecule has 200 valence electrons. The summed E-state index contributed by atoms with van der Waals surface area (Å²) in [5, 5.41) is 10.9. The lowest BCUT2D eigenvalue weighted by Gasteiger charge is -2.30. The van der Waals surface area contributed by atoms with Crippen molar-refractivity contribution in [3.63, 3.8) is 0 Å². The van der Waals surface area contributed by atoms with Crippen LogP contribution in [0.3, 0.4) is 0 Å². The molecule has 8 nitrogen and oxygen atoms in total. The molecule has 1 aliphatic rings. The van der Waals surface area contributed by atoms with Gasteiger partial charge in [0.2, 0.25) is 11.7 Å². The third-order valence-corrected chi connectivity index (χ3v) is 6.68. The maximum Gasteiger partial charge on any atom is 0.316 e. The number of rotatable bonds is 7. The maximum atomic E-state index is 14.2. The van der Waals surface area contributed by atoms with Crippen molar-refractivity contribution in [1.82, 2.24) is 20.4 Å². The molecular formula is C29H27ClFN5O3. The zero-order valence-corrected chi connectivity index (χ0v) is 22.0. The molecule has 2 heterocycles. The summed E-state index contributed by atoms with van der Waals surface area (Å²) in [7, 11) is 0. The third-order valence-electron chi connectivity index (χ3n) is 6.42. The number of carbonyl (C=O) groups excluding carboxylic acids is 1. The smallest absolute Gasteiger partial charge is 0.316 e. The summed E-state index contributed by atoms with van der Waals surface area (Å²) < 4.78 is 21.7. The van der Waals surface area contributed by atoms with Gasteiger partial charge in [0, 0.05) is 50.2 Å². The summed E-state index contributed by atoms with van der Waals surface area (Å²) in [5.41, 5.74) is 2.82. The van der Waals surface area contributed by atoms with Gasteiger partial charge in [0.25, 0.3) is 0 Å². The van der Waals surface area contributed by atoms with E-state index in [9.17, 15) is 14.0 Å². The Morgan fingerprint density at radius 1 is 1.05 bits per heavy atom. The fourth-order valence-corrected chi connectivity index (χ4v) is 4.49. The molecule has 0 unspecified atom stereocenters. The summed E-state index contributed by atoms with van der Waals surface area (Å²) in [5.74, 6) is 0.0333. The lowest BCUT2D eigenvalue weighted by atomic mass is 10.0. The number of anilines is 1. The number of nitrogens with one attached hydrogen (secondary N) is 2. The molecule has 1 fully saturated rings. The predicted molar refractivity (Wildman–Crippen MR) is 149 cm³/mol. The van der Waals surface area contributed by atoms with Crippen LogP contribution < -0.4 is 25.8 Å². The number of hydrogen-bond acceptors (Lipinski definition) is 6. The molecule has 0 bridgehead atoms. The molecule has 5 rings (SSSR count). The van der Waals surface area contributed by atoms with Gasteiger partial charge in [-0.15, -0.1) is 0 Å². The Hall–Kier alpha value is -4.21. The van der Waals surface area contributed by atoms with Gasteiger partial charge in [-0.25, -0.2) is 4.39 Å². The maximum absolute atomic E-state index is 14.2. The molecule has 2 N–H and O–H groups in total. The first-order chi connectivity index (χ1) is 18.9. The van der Waals surface area contributed by atoms with E-state index in [1.165, 1.54) is 17.7 Å². The fraction of sp³-hybridized carbons (Fsp3) is 0.207. The Kier molecular flexibility index (Phi) is 7.90. The van der Waals surface area contributed by atoms with Crippen LogP contribution in [0.1, 0.15) is 12.5 Å². The molecule has 4 aromatic rings. The Bertz CT molecular complexity index is 1530. The van der Waals surface area contributed by atoms with Crippen LogP contribution in [0.15, 0.2) is 77.7 Å². The van der Waals surface area contributed by atoms with E-state index in [-0.39, 0.29) is 24.0 Å². The standard InChI is InChI=1S/C29H27ClFN5O3/c1-19(37)33-17-22-16-21(4-11-26(22)31)20-2-9-25(10-3-20)39-28-27(35-14-12-32-13-15-35)18-34-36(29(28)38)24-7-5-23(30)6-8-24/h2-11,16,18,32H,12-15,17H2,1H3,(H,33,37). The first kappa shape index (κ1) is 26.4. The summed E-state index contributed by atoms with van der Waals surface area (Å²) in [6.07, 6.45) is 1.65. The number of amides is 1. The van der Waals surface area contributed by atoms with E-state index in [0.717, 1.165) is 24.2 Å².